The highest BCUT2D eigenvalue weighted by atomic mass is 35.5. The summed E-state index contributed by atoms with van der Waals surface area (Å²) in [6.45, 7) is 0.267. The van der Waals surface area contributed by atoms with Crippen LogP contribution in [-0.4, -0.2) is 16.7 Å². The minimum atomic E-state index is -0.519. The summed E-state index contributed by atoms with van der Waals surface area (Å²) < 4.78 is 0. The first kappa shape index (κ1) is 11.9. The molecule has 4 nitrogen and oxygen atoms in total. The van der Waals surface area contributed by atoms with Crippen molar-refractivity contribution in [3.8, 4) is 0 Å². The number of para-hydroxylation sites is 1. The fourth-order valence-corrected chi connectivity index (χ4v) is 2.29. The van der Waals surface area contributed by atoms with E-state index < -0.39 is 11.7 Å². The van der Waals surface area contributed by atoms with Crippen molar-refractivity contribution in [1.82, 2.24) is 4.98 Å². The van der Waals surface area contributed by atoms with Crippen LogP contribution in [0, 0.1) is 0 Å². The maximum atomic E-state index is 12.0. The van der Waals surface area contributed by atoms with Gasteiger partial charge < -0.3 is 4.90 Å². The molecule has 1 amide bonds. The minimum absolute atomic E-state index is 0.267. The van der Waals surface area contributed by atoms with Gasteiger partial charge in [-0.25, -0.2) is 0 Å². The van der Waals surface area contributed by atoms with E-state index in [0.29, 0.717) is 16.3 Å². The Hall–Kier alpha value is -2.20. The summed E-state index contributed by atoms with van der Waals surface area (Å²) in [4.78, 5) is 29.2. The maximum absolute atomic E-state index is 12.0. The van der Waals surface area contributed by atoms with Gasteiger partial charge in [-0.15, -0.1) is 0 Å². The van der Waals surface area contributed by atoms with Crippen molar-refractivity contribution < 1.29 is 9.59 Å². The molecule has 2 aromatic rings. The van der Waals surface area contributed by atoms with E-state index in [2.05, 4.69) is 4.98 Å². The monoisotopic (exact) mass is 272 g/mol. The Balaban J connectivity index is 2.01. The van der Waals surface area contributed by atoms with Gasteiger partial charge in [-0.1, -0.05) is 23.7 Å². The quantitative estimate of drug-likeness (QED) is 0.789. The molecule has 0 bridgehead atoms. The zero-order valence-electron chi connectivity index (χ0n) is 9.84. The molecule has 0 spiro atoms. The molecule has 3 rings (SSSR count). The van der Waals surface area contributed by atoms with E-state index in [1.807, 2.05) is 0 Å². The summed E-state index contributed by atoms with van der Waals surface area (Å²) in [5, 5.41) is 0.479. The topological polar surface area (TPSA) is 50.3 Å². The van der Waals surface area contributed by atoms with Crippen molar-refractivity contribution >= 4 is 29.0 Å². The van der Waals surface area contributed by atoms with Gasteiger partial charge in [-0.05, 0) is 23.8 Å². The first-order valence-electron chi connectivity index (χ1n) is 5.72. The van der Waals surface area contributed by atoms with Gasteiger partial charge in [0.05, 0.1) is 22.8 Å². The van der Waals surface area contributed by atoms with Gasteiger partial charge in [0.2, 0.25) is 0 Å². The van der Waals surface area contributed by atoms with E-state index in [4.69, 9.17) is 11.6 Å². The van der Waals surface area contributed by atoms with Gasteiger partial charge >= 0.3 is 0 Å². The zero-order valence-corrected chi connectivity index (χ0v) is 10.6. The summed E-state index contributed by atoms with van der Waals surface area (Å²) >= 11 is 6.03. The first-order valence-corrected chi connectivity index (χ1v) is 6.10. The molecule has 0 saturated heterocycles. The number of carbonyl (C=O) groups is 2. The van der Waals surface area contributed by atoms with Crippen LogP contribution < -0.4 is 4.90 Å². The third kappa shape index (κ3) is 1.90. The average Bonchev–Trinajstić information content (AvgIpc) is 2.67. The van der Waals surface area contributed by atoms with E-state index in [0.717, 1.165) is 5.56 Å². The largest absolute Gasteiger partial charge is 0.300 e. The molecule has 5 heteroatoms. The number of amides is 1. The number of halogens is 1. The number of hydrogen-bond donors (Lipinski definition) is 0. The number of hydrogen-bond acceptors (Lipinski definition) is 3. The fraction of sp³-hybridized carbons (Fsp3) is 0.0714. The second-order valence-electron chi connectivity index (χ2n) is 4.20. The molecule has 0 saturated carbocycles. The molecule has 2 heterocycles. The molecule has 1 aromatic carbocycles. The number of nitrogens with zero attached hydrogens (tertiary/aromatic N) is 2. The van der Waals surface area contributed by atoms with Crippen molar-refractivity contribution in [3.63, 3.8) is 0 Å². The summed E-state index contributed by atoms with van der Waals surface area (Å²) in [5.41, 5.74) is 1.83. The van der Waals surface area contributed by atoms with Crippen LogP contribution in [0.15, 0.2) is 42.7 Å². The molecule has 19 heavy (non-hydrogen) atoms. The van der Waals surface area contributed by atoms with Crippen LogP contribution in [0.5, 0.6) is 0 Å². The standard InChI is InChI=1S/C14H9ClN2O2/c15-11-7-16-6-5-9(11)8-17-12-4-2-1-3-10(12)13(18)14(17)19/h1-7H,8H2. The predicted molar refractivity (Wildman–Crippen MR) is 71.2 cm³/mol. The Bertz CT molecular complexity index is 685. The average molecular weight is 273 g/mol. The summed E-state index contributed by atoms with van der Waals surface area (Å²) in [7, 11) is 0. The number of benzene rings is 1. The number of anilines is 1. The van der Waals surface area contributed by atoms with Crippen LogP contribution >= 0.6 is 11.6 Å². The number of ketones is 1. The third-order valence-corrected chi connectivity index (χ3v) is 3.40. The lowest BCUT2D eigenvalue weighted by Gasteiger charge is -2.16. The Morgan fingerprint density at radius 1 is 1.16 bits per heavy atom. The number of fused-ring (bicyclic) bond motifs is 1. The summed E-state index contributed by atoms with van der Waals surface area (Å²) in [6.07, 6.45) is 3.13. The number of carbonyl (C=O) groups excluding carboxylic acids is 2. The Labute approximate surface area is 114 Å². The number of aromatic nitrogens is 1. The predicted octanol–water partition coefficient (Wildman–Crippen LogP) is 2.46. The van der Waals surface area contributed by atoms with Crippen LogP contribution in [0.3, 0.4) is 0 Å². The SMILES string of the molecule is O=C1C(=O)N(Cc2ccncc2Cl)c2ccccc21. The van der Waals surface area contributed by atoms with Gasteiger partial charge in [0.1, 0.15) is 0 Å². The highest BCUT2D eigenvalue weighted by Crippen LogP contribution is 2.30. The van der Waals surface area contributed by atoms with E-state index in [1.54, 1.807) is 36.5 Å². The van der Waals surface area contributed by atoms with Crippen LogP contribution in [0.25, 0.3) is 0 Å². The highest BCUT2D eigenvalue weighted by Gasteiger charge is 2.35. The van der Waals surface area contributed by atoms with Crippen molar-refractivity contribution in [1.29, 1.82) is 0 Å². The lowest BCUT2D eigenvalue weighted by Crippen LogP contribution is -2.29. The van der Waals surface area contributed by atoms with Crippen molar-refractivity contribution in [2.45, 2.75) is 6.54 Å². The molecule has 1 aliphatic rings. The second-order valence-corrected chi connectivity index (χ2v) is 4.61. The van der Waals surface area contributed by atoms with Crippen LogP contribution in [0.4, 0.5) is 5.69 Å². The molecule has 1 aromatic heterocycles. The van der Waals surface area contributed by atoms with Gasteiger partial charge in [-0.2, -0.15) is 0 Å². The molecule has 94 valence electrons. The smallest absolute Gasteiger partial charge is 0.299 e. The Morgan fingerprint density at radius 3 is 2.74 bits per heavy atom. The molecule has 0 aliphatic carbocycles. The van der Waals surface area contributed by atoms with Gasteiger partial charge in [-0.3, -0.25) is 14.6 Å². The van der Waals surface area contributed by atoms with Crippen molar-refractivity contribution in [2.75, 3.05) is 4.90 Å². The molecule has 0 radical (unpaired) electrons. The zero-order chi connectivity index (χ0) is 13.4. The number of rotatable bonds is 2. The summed E-state index contributed by atoms with van der Waals surface area (Å²) in [5.74, 6) is -0.991. The third-order valence-electron chi connectivity index (χ3n) is 3.06. The fourth-order valence-electron chi connectivity index (χ4n) is 2.11. The van der Waals surface area contributed by atoms with E-state index in [1.165, 1.54) is 11.1 Å². The normalized spacial score (nSPS) is 13.8. The van der Waals surface area contributed by atoms with Gasteiger partial charge in [0.15, 0.2) is 0 Å². The molecule has 0 fully saturated rings. The maximum Gasteiger partial charge on any atom is 0.299 e. The van der Waals surface area contributed by atoms with Gasteiger partial charge in [0, 0.05) is 12.4 Å². The lowest BCUT2D eigenvalue weighted by atomic mass is 10.1. The van der Waals surface area contributed by atoms with E-state index in [9.17, 15) is 9.59 Å². The minimum Gasteiger partial charge on any atom is -0.300 e. The molecule has 1 aliphatic heterocycles. The van der Waals surface area contributed by atoms with Crippen LogP contribution in [0.2, 0.25) is 5.02 Å². The van der Waals surface area contributed by atoms with Gasteiger partial charge in [0.25, 0.3) is 11.7 Å². The lowest BCUT2D eigenvalue weighted by molar-refractivity contribution is -0.114. The molecule has 0 N–H and O–H groups in total. The van der Waals surface area contributed by atoms with Crippen LogP contribution in [0.1, 0.15) is 15.9 Å². The number of Topliss-reactive ketones (excluding diaryl/α,β-unsaturated/α-hetero) is 1. The molecular weight excluding hydrogens is 264 g/mol. The first-order chi connectivity index (χ1) is 9.18. The second kappa shape index (κ2) is 4.48. The van der Waals surface area contributed by atoms with E-state index >= 15 is 0 Å². The molecule has 0 unspecified atom stereocenters. The highest BCUT2D eigenvalue weighted by molar-refractivity contribution is 6.52. The number of pyridine rings is 1. The van der Waals surface area contributed by atoms with E-state index in [-0.39, 0.29) is 6.54 Å². The van der Waals surface area contributed by atoms with Crippen molar-refractivity contribution in [3.05, 3.63) is 58.9 Å². The van der Waals surface area contributed by atoms with Crippen molar-refractivity contribution in [2.24, 2.45) is 0 Å². The Morgan fingerprint density at radius 2 is 1.95 bits per heavy atom. The molecular formula is C14H9ClN2O2. The molecule has 0 atom stereocenters. The Kier molecular flexibility index (Phi) is 2.80. The van der Waals surface area contributed by atoms with Crippen LogP contribution in [-0.2, 0) is 11.3 Å². The summed E-state index contributed by atoms with van der Waals surface area (Å²) in [6, 6.07) is 8.69.